The Hall–Kier alpha value is -1.04. The largest absolute Gasteiger partial charge is 0.314 e. The third-order valence-electron chi connectivity index (χ3n) is 5.23. The second-order valence-electron chi connectivity index (χ2n) is 6.96. The number of hydrogen-bond acceptors (Lipinski definition) is 3. The second-order valence-corrected chi connectivity index (χ2v) is 6.96. The predicted molar refractivity (Wildman–Crippen MR) is 88.4 cm³/mol. The van der Waals surface area contributed by atoms with Crippen molar-refractivity contribution in [3.63, 3.8) is 0 Å². The van der Waals surface area contributed by atoms with Crippen LogP contribution in [0.25, 0.3) is 0 Å². The van der Waals surface area contributed by atoms with Gasteiger partial charge in [-0.25, -0.2) is 8.78 Å². The lowest BCUT2D eigenvalue weighted by atomic mass is 9.95. The molecule has 0 spiro atoms. The van der Waals surface area contributed by atoms with E-state index in [0.29, 0.717) is 0 Å². The molecule has 0 bridgehead atoms. The highest BCUT2D eigenvalue weighted by Crippen LogP contribution is 2.28. The van der Waals surface area contributed by atoms with Crippen LogP contribution in [-0.4, -0.2) is 55.6 Å². The molecule has 2 fully saturated rings. The molecule has 1 aromatic carbocycles. The molecule has 128 valence electrons. The number of nitrogens with one attached hydrogen (secondary N) is 1. The van der Waals surface area contributed by atoms with Gasteiger partial charge in [-0.15, -0.1) is 0 Å². The van der Waals surface area contributed by atoms with Crippen molar-refractivity contribution >= 4 is 0 Å². The van der Waals surface area contributed by atoms with Crippen molar-refractivity contribution in [2.45, 2.75) is 25.8 Å². The summed E-state index contributed by atoms with van der Waals surface area (Å²) in [5, 5.41) is 3.36. The zero-order valence-electron chi connectivity index (χ0n) is 13.9. The Morgan fingerprint density at radius 1 is 1.09 bits per heavy atom. The van der Waals surface area contributed by atoms with Crippen LogP contribution in [0.5, 0.6) is 0 Å². The van der Waals surface area contributed by atoms with Crippen LogP contribution < -0.4 is 5.32 Å². The van der Waals surface area contributed by atoms with Gasteiger partial charge in [0.25, 0.3) is 0 Å². The fraction of sp³-hybridized carbons (Fsp3) is 0.667. The molecule has 1 unspecified atom stereocenters. The first-order valence-corrected chi connectivity index (χ1v) is 8.75. The zero-order chi connectivity index (χ0) is 16.2. The van der Waals surface area contributed by atoms with Crippen molar-refractivity contribution in [2.24, 2.45) is 5.92 Å². The lowest BCUT2D eigenvalue weighted by Gasteiger charge is -2.40. The third-order valence-corrected chi connectivity index (χ3v) is 5.23. The molecule has 5 heteroatoms. The minimum atomic E-state index is -0.762. The van der Waals surface area contributed by atoms with Crippen LogP contribution in [0.1, 0.15) is 31.4 Å². The number of piperidine rings is 1. The van der Waals surface area contributed by atoms with E-state index < -0.39 is 11.6 Å². The molecule has 2 aliphatic heterocycles. The van der Waals surface area contributed by atoms with E-state index in [1.54, 1.807) is 6.07 Å². The van der Waals surface area contributed by atoms with Crippen LogP contribution in [0.2, 0.25) is 0 Å². The number of benzene rings is 1. The molecule has 0 aliphatic carbocycles. The Morgan fingerprint density at radius 3 is 2.43 bits per heavy atom. The van der Waals surface area contributed by atoms with Gasteiger partial charge in [0.05, 0.1) is 0 Å². The maximum atomic E-state index is 13.7. The van der Waals surface area contributed by atoms with Gasteiger partial charge in [0.15, 0.2) is 11.6 Å². The number of hydrogen-bond donors (Lipinski definition) is 1. The van der Waals surface area contributed by atoms with Crippen LogP contribution in [0.4, 0.5) is 8.78 Å². The highest BCUT2D eigenvalue weighted by molar-refractivity contribution is 5.22. The van der Waals surface area contributed by atoms with Gasteiger partial charge in [0.1, 0.15) is 0 Å². The van der Waals surface area contributed by atoms with Crippen molar-refractivity contribution in [3.05, 3.63) is 35.4 Å². The first-order valence-electron chi connectivity index (χ1n) is 8.75. The van der Waals surface area contributed by atoms with Gasteiger partial charge in [-0.1, -0.05) is 13.0 Å². The Morgan fingerprint density at radius 2 is 1.78 bits per heavy atom. The smallest absolute Gasteiger partial charge is 0.159 e. The number of likely N-dealkylation sites (tertiary alicyclic amines) is 1. The average Bonchev–Trinajstić information content (AvgIpc) is 2.57. The fourth-order valence-corrected chi connectivity index (χ4v) is 3.63. The van der Waals surface area contributed by atoms with E-state index in [4.69, 9.17) is 0 Å². The zero-order valence-corrected chi connectivity index (χ0v) is 13.9. The molecular weight excluding hydrogens is 296 g/mol. The van der Waals surface area contributed by atoms with Crippen molar-refractivity contribution in [1.29, 1.82) is 0 Å². The second kappa shape index (κ2) is 7.69. The molecule has 0 aromatic heterocycles. The summed E-state index contributed by atoms with van der Waals surface area (Å²) in [6.45, 7) is 9.30. The van der Waals surface area contributed by atoms with E-state index in [2.05, 4.69) is 22.0 Å². The van der Waals surface area contributed by atoms with Crippen LogP contribution in [0.15, 0.2) is 18.2 Å². The van der Waals surface area contributed by atoms with Crippen molar-refractivity contribution < 1.29 is 8.78 Å². The summed E-state index contributed by atoms with van der Waals surface area (Å²) in [6, 6.07) is 4.56. The lowest BCUT2D eigenvalue weighted by Crippen LogP contribution is -2.48. The van der Waals surface area contributed by atoms with Crippen molar-refractivity contribution in [3.8, 4) is 0 Å². The van der Waals surface area contributed by atoms with E-state index in [-0.39, 0.29) is 6.04 Å². The fourth-order valence-electron chi connectivity index (χ4n) is 3.63. The van der Waals surface area contributed by atoms with Gasteiger partial charge in [-0.3, -0.25) is 9.80 Å². The standard InChI is InChI=1S/C18H27F2N3/c1-14-4-8-23(9-5-14)18(13-22-10-6-21-7-11-22)15-2-3-16(19)17(20)12-15/h2-3,12,14,18,21H,4-11,13H2,1H3. The van der Waals surface area contributed by atoms with Gasteiger partial charge < -0.3 is 5.32 Å². The minimum Gasteiger partial charge on any atom is -0.314 e. The Bertz CT molecular complexity index is 509. The van der Waals surface area contributed by atoms with E-state index in [0.717, 1.165) is 57.3 Å². The molecule has 1 N–H and O–H groups in total. The normalized spacial score (nSPS) is 23.1. The molecule has 0 amide bonds. The number of nitrogens with zero attached hydrogens (tertiary/aromatic N) is 2. The molecule has 1 atom stereocenters. The van der Waals surface area contributed by atoms with Crippen LogP contribution in [0, 0.1) is 17.6 Å². The van der Waals surface area contributed by atoms with E-state index in [1.165, 1.54) is 25.0 Å². The van der Waals surface area contributed by atoms with E-state index >= 15 is 0 Å². The quantitative estimate of drug-likeness (QED) is 0.919. The Labute approximate surface area is 137 Å². The molecule has 23 heavy (non-hydrogen) atoms. The minimum absolute atomic E-state index is 0.149. The average molecular weight is 323 g/mol. The number of piperazine rings is 1. The van der Waals surface area contributed by atoms with Gasteiger partial charge in [0, 0.05) is 38.8 Å². The van der Waals surface area contributed by atoms with Gasteiger partial charge in [-0.05, 0) is 49.5 Å². The van der Waals surface area contributed by atoms with E-state index in [9.17, 15) is 8.78 Å². The summed E-state index contributed by atoms with van der Waals surface area (Å²) >= 11 is 0. The summed E-state index contributed by atoms with van der Waals surface area (Å²) in [5.41, 5.74) is 0.900. The molecular formula is C18H27F2N3. The summed E-state index contributed by atoms with van der Waals surface area (Å²) in [7, 11) is 0. The van der Waals surface area contributed by atoms with Gasteiger partial charge in [0.2, 0.25) is 0 Å². The SMILES string of the molecule is CC1CCN(C(CN2CCNCC2)c2ccc(F)c(F)c2)CC1. The molecule has 3 nitrogen and oxygen atoms in total. The van der Waals surface area contributed by atoms with Crippen LogP contribution in [-0.2, 0) is 0 Å². The molecule has 0 radical (unpaired) electrons. The highest BCUT2D eigenvalue weighted by Gasteiger charge is 2.27. The van der Waals surface area contributed by atoms with Crippen LogP contribution >= 0.6 is 0 Å². The summed E-state index contributed by atoms with van der Waals surface area (Å²) in [5.74, 6) is -0.740. The third kappa shape index (κ3) is 4.28. The number of rotatable bonds is 4. The summed E-state index contributed by atoms with van der Waals surface area (Å²) in [6.07, 6.45) is 2.36. The molecule has 0 saturated carbocycles. The van der Waals surface area contributed by atoms with Crippen molar-refractivity contribution in [1.82, 2.24) is 15.1 Å². The van der Waals surface area contributed by atoms with Crippen LogP contribution in [0.3, 0.4) is 0 Å². The predicted octanol–water partition coefficient (Wildman–Crippen LogP) is 2.64. The first-order chi connectivity index (χ1) is 11.1. The number of halogens is 2. The molecule has 3 rings (SSSR count). The molecule has 1 aromatic rings. The molecule has 2 heterocycles. The molecule has 2 saturated heterocycles. The maximum Gasteiger partial charge on any atom is 0.159 e. The Balaban J connectivity index is 1.78. The Kier molecular flexibility index (Phi) is 5.62. The van der Waals surface area contributed by atoms with E-state index in [1.807, 2.05) is 0 Å². The molecule has 2 aliphatic rings. The first kappa shape index (κ1) is 16.8. The topological polar surface area (TPSA) is 18.5 Å². The monoisotopic (exact) mass is 323 g/mol. The van der Waals surface area contributed by atoms with Gasteiger partial charge >= 0.3 is 0 Å². The highest BCUT2D eigenvalue weighted by atomic mass is 19.2. The van der Waals surface area contributed by atoms with Crippen molar-refractivity contribution in [2.75, 3.05) is 45.8 Å². The van der Waals surface area contributed by atoms with Gasteiger partial charge in [-0.2, -0.15) is 0 Å². The summed E-state index contributed by atoms with van der Waals surface area (Å²) in [4.78, 5) is 4.88. The summed E-state index contributed by atoms with van der Waals surface area (Å²) < 4.78 is 27.0. The maximum absolute atomic E-state index is 13.7. The lowest BCUT2D eigenvalue weighted by molar-refractivity contribution is 0.0967.